The number of nitrogens with zero attached hydrogens (tertiary/aromatic N) is 2. The lowest BCUT2D eigenvalue weighted by molar-refractivity contribution is 0.0451. The lowest BCUT2D eigenvalue weighted by Crippen LogP contribution is -2.60. The van der Waals surface area contributed by atoms with Crippen molar-refractivity contribution in [2.75, 3.05) is 26.0 Å². The molecule has 0 aromatic carbocycles. The van der Waals surface area contributed by atoms with Crippen LogP contribution < -0.4 is 0 Å². The Hall–Kier alpha value is -1.07. The molecule has 0 bridgehead atoms. The molecule has 3 rings (SSSR count). The predicted molar refractivity (Wildman–Crippen MR) is 75.5 cm³/mol. The number of ether oxygens (including phenoxy) is 1. The van der Waals surface area contributed by atoms with E-state index in [1.165, 1.54) is 0 Å². The minimum Gasteiger partial charge on any atom is -0.381 e. The SMILES string of the molecule is COC1CSC2(C1)CN(C(=O)c1cncc(C)c1)C2. The summed E-state index contributed by atoms with van der Waals surface area (Å²) >= 11 is 1.95. The summed E-state index contributed by atoms with van der Waals surface area (Å²) in [4.78, 5) is 18.3. The number of methoxy groups -OCH3 is 1. The number of aromatic nitrogens is 1. The van der Waals surface area contributed by atoms with E-state index in [1.54, 1.807) is 19.5 Å². The Kier molecular flexibility index (Phi) is 3.27. The molecule has 2 aliphatic rings. The molecule has 2 fully saturated rings. The highest BCUT2D eigenvalue weighted by Gasteiger charge is 2.50. The van der Waals surface area contributed by atoms with Gasteiger partial charge in [0.05, 0.1) is 16.4 Å². The average Bonchev–Trinajstić information content (AvgIpc) is 2.80. The van der Waals surface area contributed by atoms with Gasteiger partial charge in [0.2, 0.25) is 0 Å². The van der Waals surface area contributed by atoms with Crippen LogP contribution in [0.5, 0.6) is 0 Å². The number of aryl methyl sites for hydroxylation is 1. The number of likely N-dealkylation sites (tertiary alicyclic amines) is 1. The number of carbonyl (C=O) groups excluding carboxylic acids is 1. The first-order chi connectivity index (χ1) is 9.12. The molecule has 2 aliphatic heterocycles. The first kappa shape index (κ1) is 12.9. The van der Waals surface area contributed by atoms with Crippen LogP contribution in [0.3, 0.4) is 0 Å². The molecule has 5 heteroatoms. The maximum atomic E-state index is 12.3. The fourth-order valence-electron chi connectivity index (χ4n) is 2.82. The van der Waals surface area contributed by atoms with Crippen molar-refractivity contribution < 1.29 is 9.53 Å². The van der Waals surface area contributed by atoms with Gasteiger partial charge in [0.25, 0.3) is 5.91 Å². The number of hydrogen-bond acceptors (Lipinski definition) is 4. The van der Waals surface area contributed by atoms with E-state index >= 15 is 0 Å². The number of rotatable bonds is 2. The molecule has 102 valence electrons. The fourth-order valence-corrected chi connectivity index (χ4v) is 4.41. The van der Waals surface area contributed by atoms with Crippen LogP contribution in [0, 0.1) is 6.92 Å². The van der Waals surface area contributed by atoms with Crippen molar-refractivity contribution in [3.8, 4) is 0 Å². The van der Waals surface area contributed by atoms with E-state index in [-0.39, 0.29) is 10.7 Å². The second-order valence-electron chi connectivity index (χ2n) is 5.47. The second kappa shape index (κ2) is 4.80. The third-order valence-corrected chi connectivity index (χ3v) is 5.45. The fraction of sp³-hybridized carbons (Fsp3) is 0.571. The highest BCUT2D eigenvalue weighted by atomic mass is 32.2. The van der Waals surface area contributed by atoms with E-state index in [4.69, 9.17) is 4.74 Å². The molecule has 1 aromatic heterocycles. The summed E-state index contributed by atoms with van der Waals surface area (Å²) in [7, 11) is 1.77. The molecule has 0 N–H and O–H groups in total. The average molecular weight is 278 g/mol. The minimum absolute atomic E-state index is 0.100. The third-order valence-electron chi connectivity index (χ3n) is 3.88. The maximum Gasteiger partial charge on any atom is 0.255 e. The van der Waals surface area contributed by atoms with Crippen molar-refractivity contribution in [3.05, 3.63) is 29.6 Å². The van der Waals surface area contributed by atoms with Crippen LogP contribution in [0.2, 0.25) is 0 Å². The largest absolute Gasteiger partial charge is 0.381 e. The number of hydrogen-bond donors (Lipinski definition) is 0. The van der Waals surface area contributed by atoms with Crippen molar-refractivity contribution in [2.45, 2.75) is 24.2 Å². The van der Waals surface area contributed by atoms with Gasteiger partial charge in [-0.3, -0.25) is 9.78 Å². The summed E-state index contributed by atoms with van der Waals surface area (Å²) < 4.78 is 5.65. The Bertz CT molecular complexity index is 500. The number of amides is 1. The van der Waals surface area contributed by atoms with Crippen molar-refractivity contribution in [1.82, 2.24) is 9.88 Å². The molecule has 3 heterocycles. The molecule has 4 nitrogen and oxygen atoms in total. The maximum absolute atomic E-state index is 12.3. The van der Waals surface area contributed by atoms with Crippen molar-refractivity contribution in [2.24, 2.45) is 0 Å². The summed E-state index contributed by atoms with van der Waals surface area (Å²) in [5, 5.41) is 0. The zero-order valence-corrected chi connectivity index (χ0v) is 12.1. The molecule has 1 unspecified atom stereocenters. The lowest BCUT2D eigenvalue weighted by atomic mass is 9.92. The van der Waals surface area contributed by atoms with E-state index in [0.29, 0.717) is 11.7 Å². The number of thioether (sulfide) groups is 1. The normalized spacial score (nSPS) is 24.5. The molecule has 0 saturated carbocycles. The molecule has 19 heavy (non-hydrogen) atoms. The van der Waals surface area contributed by atoms with E-state index in [2.05, 4.69) is 4.98 Å². The highest BCUT2D eigenvalue weighted by molar-refractivity contribution is 8.01. The predicted octanol–water partition coefficient (Wildman–Crippen LogP) is 1.74. The van der Waals surface area contributed by atoms with Crippen molar-refractivity contribution in [1.29, 1.82) is 0 Å². The van der Waals surface area contributed by atoms with Crippen LogP contribution in [0.15, 0.2) is 18.5 Å². The molecule has 1 aromatic rings. The van der Waals surface area contributed by atoms with Gasteiger partial charge in [0, 0.05) is 38.3 Å². The van der Waals surface area contributed by atoms with E-state index < -0.39 is 0 Å². The third kappa shape index (κ3) is 2.37. The molecule has 0 aliphatic carbocycles. The van der Waals surface area contributed by atoms with Crippen LogP contribution in [-0.4, -0.2) is 52.6 Å². The Morgan fingerprint density at radius 3 is 2.95 bits per heavy atom. The summed E-state index contributed by atoms with van der Waals surface area (Å²) in [6, 6.07) is 1.90. The Morgan fingerprint density at radius 2 is 2.32 bits per heavy atom. The first-order valence-corrected chi connectivity index (χ1v) is 7.48. The second-order valence-corrected chi connectivity index (χ2v) is 6.96. The number of pyridine rings is 1. The zero-order valence-electron chi connectivity index (χ0n) is 11.3. The molecule has 1 amide bonds. The molecule has 1 atom stereocenters. The van der Waals surface area contributed by atoms with E-state index in [0.717, 1.165) is 30.8 Å². The van der Waals surface area contributed by atoms with E-state index in [1.807, 2.05) is 29.7 Å². The molecular weight excluding hydrogens is 260 g/mol. The summed E-state index contributed by atoms with van der Waals surface area (Å²) in [5.41, 5.74) is 1.72. The van der Waals surface area contributed by atoms with Crippen molar-refractivity contribution >= 4 is 17.7 Å². The lowest BCUT2D eigenvalue weighted by Gasteiger charge is -2.47. The van der Waals surface area contributed by atoms with Crippen LogP contribution >= 0.6 is 11.8 Å². The van der Waals surface area contributed by atoms with Gasteiger partial charge in [0.1, 0.15) is 0 Å². The topological polar surface area (TPSA) is 42.4 Å². The molecule has 2 saturated heterocycles. The Balaban J connectivity index is 1.63. The van der Waals surface area contributed by atoms with Gasteiger partial charge < -0.3 is 9.64 Å². The Morgan fingerprint density at radius 1 is 1.53 bits per heavy atom. The number of carbonyl (C=O) groups is 1. The van der Waals surface area contributed by atoms with Crippen LogP contribution in [0.4, 0.5) is 0 Å². The van der Waals surface area contributed by atoms with Gasteiger partial charge in [-0.25, -0.2) is 0 Å². The summed E-state index contributed by atoms with van der Waals surface area (Å²) in [5.74, 6) is 1.15. The molecule has 0 radical (unpaired) electrons. The summed E-state index contributed by atoms with van der Waals surface area (Å²) in [6.07, 6.45) is 4.83. The molecular formula is C14H18N2O2S. The van der Waals surface area contributed by atoms with E-state index in [9.17, 15) is 4.79 Å². The van der Waals surface area contributed by atoms with Gasteiger partial charge in [-0.15, -0.1) is 11.8 Å². The van der Waals surface area contributed by atoms with Crippen LogP contribution in [0.25, 0.3) is 0 Å². The van der Waals surface area contributed by atoms with Crippen LogP contribution in [0.1, 0.15) is 22.3 Å². The monoisotopic (exact) mass is 278 g/mol. The van der Waals surface area contributed by atoms with Crippen LogP contribution in [-0.2, 0) is 4.74 Å². The van der Waals surface area contributed by atoms with Crippen molar-refractivity contribution in [3.63, 3.8) is 0 Å². The quantitative estimate of drug-likeness (QED) is 0.826. The van der Waals surface area contributed by atoms with Gasteiger partial charge in [-0.1, -0.05) is 0 Å². The Labute approximate surface area is 117 Å². The summed E-state index contributed by atoms with van der Waals surface area (Å²) in [6.45, 7) is 3.63. The van der Waals surface area contributed by atoms with Gasteiger partial charge in [0.15, 0.2) is 0 Å². The first-order valence-electron chi connectivity index (χ1n) is 6.50. The zero-order chi connectivity index (χ0) is 13.5. The highest BCUT2D eigenvalue weighted by Crippen LogP contribution is 2.46. The minimum atomic E-state index is 0.100. The molecule has 1 spiro atoms. The smallest absolute Gasteiger partial charge is 0.255 e. The van der Waals surface area contributed by atoms with Gasteiger partial charge in [-0.2, -0.15) is 0 Å². The van der Waals surface area contributed by atoms with Gasteiger partial charge >= 0.3 is 0 Å². The van der Waals surface area contributed by atoms with Gasteiger partial charge in [-0.05, 0) is 25.0 Å². The standard InChI is InChI=1S/C14H18N2O2S/c1-10-3-11(6-15-5-10)13(17)16-8-14(9-16)4-12(18-2)7-19-14/h3,5-6,12H,4,7-9H2,1-2H3.